The third-order valence-electron chi connectivity index (χ3n) is 5.81. The van der Waals surface area contributed by atoms with Crippen LogP contribution in [0, 0.1) is 0 Å². The number of nitrogens with zero attached hydrogens (tertiary/aromatic N) is 3. The molecule has 0 aliphatic carbocycles. The average molecular weight is 447 g/mol. The maximum atomic E-state index is 12.9. The summed E-state index contributed by atoms with van der Waals surface area (Å²) in [6, 6.07) is 21.1. The first-order valence-corrected chi connectivity index (χ1v) is 11.0. The summed E-state index contributed by atoms with van der Waals surface area (Å²) in [6.07, 6.45) is 2.76. The van der Waals surface area contributed by atoms with Gasteiger partial charge in [-0.25, -0.2) is 4.68 Å². The molecule has 1 saturated heterocycles. The topological polar surface area (TPSA) is 70.4 Å². The minimum absolute atomic E-state index is 0.0126. The van der Waals surface area contributed by atoms with Crippen molar-refractivity contribution in [2.24, 2.45) is 0 Å². The monoisotopic (exact) mass is 446 g/mol. The number of aliphatic hydroxyl groups is 1. The molecule has 0 bridgehead atoms. The maximum absolute atomic E-state index is 12.9. The number of carbonyl (C=O) groups excluding carboxylic acids is 1. The Labute approximate surface area is 191 Å². The second-order valence-corrected chi connectivity index (χ2v) is 8.42. The Balaban J connectivity index is 1.41. The quantitative estimate of drug-likeness (QED) is 0.461. The number of hydrogen-bond acceptors (Lipinski definition) is 4. The van der Waals surface area contributed by atoms with Crippen molar-refractivity contribution < 1.29 is 9.90 Å². The van der Waals surface area contributed by atoms with E-state index < -0.39 is 0 Å². The van der Waals surface area contributed by atoms with Crippen LogP contribution in [0.1, 0.15) is 23.2 Å². The molecule has 32 heavy (non-hydrogen) atoms. The molecule has 0 saturated carbocycles. The lowest BCUT2D eigenvalue weighted by atomic mass is 10.1. The number of anilines is 2. The molecule has 2 heterocycles. The second kappa shape index (κ2) is 8.65. The van der Waals surface area contributed by atoms with Gasteiger partial charge < -0.3 is 15.3 Å². The Morgan fingerprint density at radius 3 is 2.66 bits per heavy atom. The number of hydrogen-bond donors (Lipinski definition) is 2. The van der Waals surface area contributed by atoms with Gasteiger partial charge in [-0.05, 0) is 61.4 Å². The van der Waals surface area contributed by atoms with Crippen LogP contribution < -0.4 is 5.32 Å². The van der Waals surface area contributed by atoms with Crippen molar-refractivity contribution in [3.8, 4) is 5.69 Å². The highest BCUT2D eigenvalue weighted by molar-refractivity contribution is 6.33. The normalized spacial score (nSPS) is 14.6. The molecular weight excluding hydrogens is 424 g/mol. The van der Waals surface area contributed by atoms with E-state index in [2.05, 4.69) is 10.4 Å². The Morgan fingerprint density at radius 1 is 1.03 bits per heavy atom. The summed E-state index contributed by atoms with van der Waals surface area (Å²) in [7, 11) is 0. The zero-order chi connectivity index (χ0) is 22.1. The molecule has 2 N–H and O–H groups in total. The molecule has 1 amide bonds. The number of piperidine rings is 1. The van der Waals surface area contributed by atoms with Crippen LogP contribution >= 0.6 is 11.6 Å². The van der Waals surface area contributed by atoms with Crippen molar-refractivity contribution in [1.29, 1.82) is 0 Å². The fraction of sp³-hybridized carbons (Fsp3) is 0.200. The van der Waals surface area contributed by atoms with Gasteiger partial charge in [-0.1, -0.05) is 29.8 Å². The Morgan fingerprint density at radius 2 is 1.84 bits per heavy atom. The van der Waals surface area contributed by atoms with Crippen molar-refractivity contribution in [3.63, 3.8) is 0 Å². The standard InChI is InChI=1S/C25H23ClN4O2/c26-22-6-1-2-7-23(22)28-19-8-9-24-18(14-19)16-27-30(24)20-5-3-4-17(15-20)25(32)29-12-10-21(31)11-13-29/h1-9,14-16,21,28,31H,10-13H2. The van der Waals surface area contributed by atoms with E-state index >= 15 is 0 Å². The number of nitrogens with one attached hydrogen (secondary N) is 1. The van der Waals surface area contributed by atoms with Gasteiger partial charge in [0.05, 0.1) is 34.2 Å². The smallest absolute Gasteiger partial charge is 0.253 e. The van der Waals surface area contributed by atoms with Crippen LogP contribution in [-0.2, 0) is 0 Å². The fourth-order valence-corrected chi connectivity index (χ4v) is 4.24. The van der Waals surface area contributed by atoms with Crippen LogP contribution in [0.5, 0.6) is 0 Å². The molecule has 0 radical (unpaired) electrons. The van der Waals surface area contributed by atoms with E-state index in [1.54, 1.807) is 4.90 Å². The van der Waals surface area contributed by atoms with Gasteiger partial charge in [0.1, 0.15) is 0 Å². The molecule has 6 nitrogen and oxygen atoms in total. The Kier molecular flexibility index (Phi) is 5.55. The zero-order valence-corrected chi connectivity index (χ0v) is 18.2. The molecular formula is C25H23ClN4O2. The van der Waals surface area contributed by atoms with Gasteiger partial charge in [-0.3, -0.25) is 4.79 Å². The number of carbonyl (C=O) groups is 1. The first kappa shape index (κ1) is 20.5. The summed E-state index contributed by atoms with van der Waals surface area (Å²) in [4.78, 5) is 14.7. The number of fused-ring (bicyclic) bond motifs is 1. The van der Waals surface area contributed by atoms with E-state index in [1.165, 1.54) is 0 Å². The van der Waals surface area contributed by atoms with Gasteiger partial charge in [-0.2, -0.15) is 5.10 Å². The van der Waals surface area contributed by atoms with Crippen LogP contribution in [0.3, 0.4) is 0 Å². The van der Waals surface area contributed by atoms with Crippen molar-refractivity contribution in [2.45, 2.75) is 18.9 Å². The summed E-state index contributed by atoms with van der Waals surface area (Å²) in [5.41, 5.74) is 4.16. The van der Waals surface area contributed by atoms with E-state index in [9.17, 15) is 9.90 Å². The molecule has 1 aliphatic heterocycles. The first-order valence-electron chi connectivity index (χ1n) is 10.7. The Hall–Kier alpha value is -3.35. The van der Waals surface area contributed by atoms with E-state index in [-0.39, 0.29) is 12.0 Å². The third-order valence-corrected chi connectivity index (χ3v) is 6.14. The number of aliphatic hydroxyl groups excluding tert-OH is 1. The lowest BCUT2D eigenvalue weighted by Gasteiger charge is -2.29. The molecule has 7 heteroatoms. The number of rotatable bonds is 4. The van der Waals surface area contributed by atoms with Crippen LogP contribution in [0.4, 0.5) is 11.4 Å². The average Bonchev–Trinajstić information content (AvgIpc) is 3.24. The number of halogens is 1. The van der Waals surface area contributed by atoms with E-state index in [4.69, 9.17) is 11.6 Å². The van der Waals surface area contributed by atoms with Gasteiger partial charge in [0, 0.05) is 29.7 Å². The summed E-state index contributed by atoms with van der Waals surface area (Å²) in [5.74, 6) is -0.0126. The van der Waals surface area contributed by atoms with Gasteiger partial charge in [0.2, 0.25) is 0 Å². The van der Waals surface area contributed by atoms with Crippen molar-refractivity contribution in [3.05, 3.63) is 83.5 Å². The number of aromatic nitrogens is 2. The van der Waals surface area contributed by atoms with Crippen LogP contribution in [0.2, 0.25) is 5.02 Å². The molecule has 1 aromatic heterocycles. The number of para-hydroxylation sites is 1. The third kappa shape index (κ3) is 4.07. The minimum Gasteiger partial charge on any atom is -0.393 e. The number of likely N-dealkylation sites (tertiary alicyclic amines) is 1. The molecule has 1 aliphatic rings. The molecule has 1 fully saturated rings. The number of amides is 1. The summed E-state index contributed by atoms with van der Waals surface area (Å²) in [5, 5.41) is 19.2. The highest BCUT2D eigenvalue weighted by atomic mass is 35.5. The van der Waals surface area contributed by atoms with E-state index in [1.807, 2.05) is 77.6 Å². The predicted molar refractivity (Wildman–Crippen MR) is 127 cm³/mol. The van der Waals surface area contributed by atoms with Gasteiger partial charge >= 0.3 is 0 Å². The van der Waals surface area contributed by atoms with Crippen molar-refractivity contribution >= 4 is 39.8 Å². The van der Waals surface area contributed by atoms with Gasteiger partial charge in [0.25, 0.3) is 5.91 Å². The highest BCUT2D eigenvalue weighted by Crippen LogP contribution is 2.28. The lowest BCUT2D eigenvalue weighted by Crippen LogP contribution is -2.40. The van der Waals surface area contributed by atoms with Gasteiger partial charge in [-0.15, -0.1) is 0 Å². The summed E-state index contributed by atoms with van der Waals surface area (Å²) >= 11 is 6.26. The summed E-state index contributed by atoms with van der Waals surface area (Å²) < 4.78 is 1.84. The molecule has 4 aromatic rings. The molecule has 0 spiro atoms. The SMILES string of the molecule is O=C(c1cccc(-n2ncc3cc(Nc4ccccc4Cl)ccc32)c1)N1CCC(O)CC1. The van der Waals surface area contributed by atoms with Crippen LogP contribution in [0.25, 0.3) is 16.6 Å². The molecule has 162 valence electrons. The summed E-state index contributed by atoms with van der Waals surface area (Å²) in [6.45, 7) is 1.16. The largest absolute Gasteiger partial charge is 0.393 e. The van der Waals surface area contributed by atoms with E-state index in [0.29, 0.717) is 36.5 Å². The zero-order valence-electron chi connectivity index (χ0n) is 17.4. The Bertz CT molecular complexity index is 1280. The van der Waals surface area contributed by atoms with Crippen LogP contribution in [-0.4, -0.2) is 44.9 Å². The number of benzene rings is 3. The molecule has 5 rings (SSSR count). The highest BCUT2D eigenvalue weighted by Gasteiger charge is 2.22. The van der Waals surface area contributed by atoms with Crippen molar-refractivity contribution in [1.82, 2.24) is 14.7 Å². The first-order chi connectivity index (χ1) is 15.6. The predicted octanol–water partition coefficient (Wildman–Crippen LogP) is 5.02. The second-order valence-electron chi connectivity index (χ2n) is 8.01. The van der Waals surface area contributed by atoms with Gasteiger partial charge in [0.15, 0.2) is 0 Å². The molecule has 3 aromatic carbocycles. The minimum atomic E-state index is -0.307. The van der Waals surface area contributed by atoms with Crippen LogP contribution in [0.15, 0.2) is 72.9 Å². The maximum Gasteiger partial charge on any atom is 0.253 e. The van der Waals surface area contributed by atoms with E-state index in [0.717, 1.165) is 28.0 Å². The fourth-order valence-electron chi connectivity index (χ4n) is 4.06. The van der Waals surface area contributed by atoms with Crippen molar-refractivity contribution in [2.75, 3.05) is 18.4 Å². The molecule has 0 atom stereocenters. The molecule has 0 unspecified atom stereocenters. The lowest BCUT2D eigenvalue weighted by molar-refractivity contribution is 0.0546.